The molecular weight excluding hydrogens is 314 g/mol. The minimum absolute atomic E-state index is 0.0340. The predicted octanol–water partition coefficient (Wildman–Crippen LogP) is 3.11. The smallest absolute Gasteiger partial charge is 0.224 e. The molecule has 2 aromatic heterocycles. The molecule has 0 aromatic carbocycles. The van der Waals surface area contributed by atoms with Gasteiger partial charge in [0.25, 0.3) is 0 Å². The summed E-state index contributed by atoms with van der Waals surface area (Å²) in [6, 6.07) is 4.07. The minimum atomic E-state index is 0.0340. The van der Waals surface area contributed by atoms with Crippen molar-refractivity contribution in [2.75, 3.05) is 10.2 Å². The third-order valence-electron chi connectivity index (χ3n) is 5.31. The number of hydrogen-bond acceptors (Lipinski definition) is 5. The number of hydrogen-bond donors (Lipinski definition) is 1. The molecule has 1 fully saturated rings. The molecule has 3 atom stereocenters. The Morgan fingerprint density at radius 3 is 2.76 bits per heavy atom. The van der Waals surface area contributed by atoms with E-state index in [0.717, 1.165) is 16.9 Å². The highest BCUT2D eigenvalue weighted by atomic mass is 16.2. The number of aromatic nitrogens is 3. The van der Waals surface area contributed by atoms with Crippen molar-refractivity contribution in [1.82, 2.24) is 15.0 Å². The zero-order chi connectivity index (χ0) is 17.6. The molecule has 2 aromatic rings. The third kappa shape index (κ3) is 2.86. The maximum Gasteiger partial charge on any atom is 0.224 e. The van der Waals surface area contributed by atoms with Gasteiger partial charge in [-0.25, -0.2) is 9.97 Å². The van der Waals surface area contributed by atoms with Crippen LogP contribution in [0.15, 0.2) is 30.7 Å². The predicted molar refractivity (Wildman–Crippen MR) is 96.2 cm³/mol. The second-order valence-electron chi connectivity index (χ2n) is 7.15. The van der Waals surface area contributed by atoms with Gasteiger partial charge in [0.2, 0.25) is 11.9 Å². The minimum Gasteiger partial charge on any atom is -0.347 e. The number of rotatable bonds is 3. The topological polar surface area (TPSA) is 71.0 Å². The van der Waals surface area contributed by atoms with Crippen LogP contribution in [0.3, 0.4) is 0 Å². The Bertz CT molecular complexity index is 804. The lowest BCUT2D eigenvalue weighted by molar-refractivity contribution is -0.117. The number of fused-ring (bicyclic) bond motifs is 1. The maximum absolute atomic E-state index is 12.4. The molecule has 2 aliphatic rings. The van der Waals surface area contributed by atoms with Gasteiger partial charge in [-0.3, -0.25) is 9.78 Å². The molecule has 3 heterocycles. The number of aryl methyl sites for hydroxylation is 1. The molecule has 4 rings (SSSR count). The molecular formula is C19H23N5O. The zero-order valence-corrected chi connectivity index (χ0v) is 14.8. The monoisotopic (exact) mass is 337 g/mol. The van der Waals surface area contributed by atoms with Crippen molar-refractivity contribution < 1.29 is 4.79 Å². The van der Waals surface area contributed by atoms with Crippen LogP contribution in [0.5, 0.6) is 0 Å². The van der Waals surface area contributed by atoms with E-state index in [9.17, 15) is 4.79 Å². The normalized spacial score (nSPS) is 25.4. The molecule has 1 amide bonds. The Morgan fingerprint density at radius 2 is 2.08 bits per heavy atom. The Balaban J connectivity index is 1.77. The van der Waals surface area contributed by atoms with Crippen molar-refractivity contribution in [3.8, 4) is 0 Å². The summed E-state index contributed by atoms with van der Waals surface area (Å²) >= 11 is 0. The van der Waals surface area contributed by atoms with Gasteiger partial charge in [0.05, 0.1) is 11.7 Å². The number of carbonyl (C=O) groups excluding carboxylic acids is 1. The molecule has 0 radical (unpaired) electrons. The molecule has 1 N–H and O–H groups in total. The Hall–Kier alpha value is -2.50. The van der Waals surface area contributed by atoms with E-state index in [-0.39, 0.29) is 23.9 Å². The summed E-state index contributed by atoms with van der Waals surface area (Å²) in [6.07, 6.45) is 7.76. The molecule has 1 aliphatic carbocycles. The Morgan fingerprint density at radius 1 is 1.28 bits per heavy atom. The van der Waals surface area contributed by atoms with Gasteiger partial charge in [-0.05, 0) is 37.8 Å². The van der Waals surface area contributed by atoms with Crippen molar-refractivity contribution in [1.29, 1.82) is 0 Å². The van der Waals surface area contributed by atoms with E-state index in [4.69, 9.17) is 0 Å². The molecule has 6 heteroatoms. The number of carbonyl (C=O) groups is 1. The summed E-state index contributed by atoms with van der Waals surface area (Å²) in [5.74, 6) is 1.54. The van der Waals surface area contributed by atoms with Crippen LogP contribution in [0.1, 0.15) is 44.0 Å². The molecule has 0 saturated heterocycles. The van der Waals surface area contributed by atoms with Gasteiger partial charge in [-0.1, -0.05) is 6.92 Å². The second kappa shape index (κ2) is 6.10. The first-order valence-corrected chi connectivity index (χ1v) is 8.86. The van der Waals surface area contributed by atoms with Gasteiger partial charge in [-0.15, -0.1) is 0 Å². The van der Waals surface area contributed by atoms with Crippen LogP contribution in [0.4, 0.5) is 11.6 Å². The SMILES string of the molecule is CC(=O)N1c2ccncc2C(Nc2nccc(C)n2)C(C)[C@@H]1C1CC1. The van der Waals surface area contributed by atoms with Gasteiger partial charge < -0.3 is 10.2 Å². The molecule has 0 spiro atoms. The Kier molecular flexibility index (Phi) is 3.90. The molecule has 2 unspecified atom stereocenters. The number of nitrogens with one attached hydrogen (secondary N) is 1. The van der Waals surface area contributed by atoms with Gasteiger partial charge >= 0.3 is 0 Å². The van der Waals surface area contributed by atoms with Crippen LogP contribution in [0, 0.1) is 18.8 Å². The van der Waals surface area contributed by atoms with Gasteiger partial charge in [0.1, 0.15) is 0 Å². The second-order valence-corrected chi connectivity index (χ2v) is 7.15. The standard InChI is InChI=1S/C19H23N5O/c1-11-6-9-21-19(22-11)23-17-12(2)18(14-4-5-14)24(13(3)25)16-7-8-20-10-15(16)17/h6-10,12,14,17-18H,4-5H2,1-3H3,(H,21,22,23)/t12?,17?,18-/m1/s1. The first-order chi connectivity index (χ1) is 12.1. The van der Waals surface area contributed by atoms with Crippen molar-refractivity contribution in [3.05, 3.63) is 42.0 Å². The van der Waals surface area contributed by atoms with Crippen LogP contribution in [0.25, 0.3) is 0 Å². The van der Waals surface area contributed by atoms with Crippen LogP contribution in [-0.4, -0.2) is 26.9 Å². The van der Waals surface area contributed by atoms with E-state index in [1.165, 1.54) is 12.8 Å². The molecule has 6 nitrogen and oxygen atoms in total. The summed E-state index contributed by atoms with van der Waals surface area (Å²) in [5, 5.41) is 3.50. The van der Waals surface area contributed by atoms with Gasteiger partial charge in [-0.2, -0.15) is 0 Å². The van der Waals surface area contributed by atoms with Crippen LogP contribution in [0.2, 0.25) is 0 Å². The highest BCUT2D eigenvalue weighted by Crippen LogP contribution is 2.49. The van der Waals surface area contributed by atoms with Crippen LogP contribution < -0.4 is 10.2 Å². The van der Waals surface area contributed by atoms with E-state index >= 15 is 0 Å². The zero-order valence-electron chi connectivity index (χ0n) is 14.8. The first-order valence-electron chi connectivity index (χ1n) is 8.86. The lowest BCUT2D eigenvalue weighted by Crippen LogP contribution is -2.51. The molecule has 130 valence electrons. The third-order valence-corrected chi connectivity index (χ3v) is 5.31. The lowest BCUT2D eigenvalue weighted by atomic mass is 9.80. The fourth-order valence-corrected chi connectivity index (χ4v) is 4.06. The molecule has 25 heavy (non-hydrogen) atoms. The summed E-state index contributed by atoms with van der Waals surface area (Å²) in [4.78, 5) is 27.6. The van der Waals surface area contributed by atoms with E-state index in [2.05, 4.69) is 27.2 Å². The van der Waals surface area contributed by atoms with E-state index in [1.807, 2.05) is 30.2 Å². The number of amides is 1. The highest BCUT2D eigenvalue weighted by Gasteiger charge is 2.47. The highest BCUT2D eigenvalue weighted by molar-refractivity contribution is 5.94. The number of nitrogens with zero attached hydrogens (tertiary/aromatic N) is 4. The number of pyridine rings is 1. The van der Waals surface area contributed by atoms with Crippen LogP contribution >= 0.6 is 0 Å². The summed E-state index contributed by atoms with van der Waals surface area (Å²) in [6.45, 7) is 5.82. The van der Waals surface area contributed by atoms with E-state index in [0.29, 0.717) is 11.9 Å². The summed E-state index contributed by atoms with van der Waals surface area (Å²) in [5.41, 5.74) is 2.92. The fraction of sp³-hybridized carbons (Fsp3) is 0.474. The largest absolute Gasteiger partial charge is 0.347 e. The maximum atomic E-state index is 12.4. The average molecular weight is 337 g/mol. The quantitative estimate of drug-likeness (QED) is 0.932. The van der Waals surface area contributed by atoms with Gasteiger partial charge in [0, 0.05) is 48.7 Å². The van der Waals surface area contributed by atoms with Crippen molar-refractivity contribution in [3.63, 3.8) is 0 Å². The van der Waals surface area contributed by atoms with Crippen LogP contribution in [-0.2, 0) is 4.79 Å². The lowest BCUT2D eigenvalue weighted by Gasteiger charge is -2.45. The Labute approximate surface area is 147 Å². The molecule has 1 aliphatic heterocycles. The van der Waals surface area contributed by atoms with Crippen molar-refractivity contribution in [2.45, 2.75) is 45.7 Å². The van der Waals surface area contributed by atoms with Crippen molar-refractivity contribution in [2.24, 2.45) is 11.8 Å². The number of anilines is 2. The fourth-order valence-electron chi connectivity index (χ4n) is 4.06. The average Bonchev–Trinajstić information content (AvgIpc) is 3.41. The van der Waals surface area contributed by atoms with Gasteiger partial charge in [0.15, 0.2) is 0 Å². The first kappa shape index (κ1) is 16.0. The van der Waals surface area contributed by atoms with Crippen molar-refractivity contribution >= 4 is 17.5 Å². The van der Waals surface area contributed by atoms with E-state index in [1.54, 1.807) is 19.3 Å². The molecule has 1 saturated carbocycles. The van der Waals surface area contributed by atoms with E-state index < -0.39 is 0 Å². The summed E-state index contributed by atoms with van der Waals surface area (Å²) in [7, 11) is 0. The summed E-state index contributed by atoms with van der Waals surface area (Å²) < 4.78 is 0. The molecule has 0 bridgehead atoms.